The van der Waals surface area contributed by atoms with Crippen molar-refractivity contribution in [1.82, 2.24) is 19.5 Å². The van der Waals surface area contributed by atoms with Crippen molar-refractivity contribution in [3.05, 3.63) is 85.0 Å². The molecule has 1 aliphatic rings. The number of aromatic nitrogens is 4. The average molecular weight is 519 g/mol. The number of nitrogens with two attached hydrogens (primary N) is 1. The van der Waals surface area contributed by atoms with E-state index in [1.54, 1.807) is 41.5 Å². The Morgan fingerprint density at radius 3 is 2.51 bits per heavy atom. The smallest absolute Gasteiger partial charge is 0.235 e. The molecule has 1 aliphatic carbocycles. The molecule has 6 rings (SSSR count). The van der Waals surface area contributed by atoms with Crippen LogP contribution in [0, 0.1) is 11.6 Å². The summed E-state index contributed by atoms with van der Waals surface area (Å²) in [6.07, 6.45) is 6.03. The Balaban J connectivity index is 1.47. The van der Waals surface area contributed by atoms with Crippen molar-refractivity contribution < 1.29 is 17.2 Å². The zero-order chi connectivity index (χ0) is 25.7. The van der Waals surface area contributed by atoms with Crippen LogP contribution in [0.5, 0.6) is 0 Å². The van der Waals surface area contributed by atoms with Crippen LogP contribution in [0.2, 0.25) is 0 Å². The number of nitrogen functional groups attached to an aromatic ring is 1. The van der Waals surface area contributed by atoms with Crippen molar-refractivity contribution in [1.29, 1.82) is 0 Å². The molecule has 1 fully saturated rings. The van der Waals surface area contributed by atoms with E-state index in [1.165, 1.54) is 12.1 Å². The predicted molar refractivity (Wildman–Crippen MR) is 137 cm³/mol. The summed E-state index contributed by atoms with van der Waals surface area (Å²) in [5.74, 6) is -1.08. The van der Waals surface area contributed by atoms with Crippen LogP contribution in [-0.4, -0.2) is 33.2 Å². The van der Waals surface area contributed by atoms with E-state index in [0.717, 1.165) is 23.3 Å². The van der Waals surface area contributed by atoms with Gasteiger partial charge < -0.3 is 5.73 Å². The monoisotopic (exact) mass is 518 g/mol. The summed E-state index contributed by atoms with van der Waals surface area (Å²) in [5.41, 5.74) is 9.80. The van der Waals surface area contributed by atoms with Crippen molar-refractivity contribution in [3.63, 3.8) is 0 Å². The van der Waals surface area contributed by atoms with Crippen LogP contribution in [0.3, 0.4) is 0 Å². The van der Waals surface area contributed by atoms with Crippen LogP contribution in [0.1, 0.15) is 12.8 Å². The van der Waals surface area contributed by atoms with E-state index in [2.05, 4.69) is 19.7 Å². The Morgan fingerprint density at radius 2 is 1.76 bits per heavy atom. The molecule has 0 unspecified atom stereocenters. The summed E-state index contributed by atoms with van der Waals surface area (Å²) in [6, 6.07) is 13.5. The quantitative estimate of drug-likeness (QED) is 0.330. The zero-order valence-corrected chi connectivity index (χ0v) is 20.1. The molecular weight excluding hydrogens is 498 g/mol. The summed E-state index contributed by atoms with van der Waals surface area (Å²) in [5, 5.41) is -0.446. The lowest BCUT2D eigenvalue weighted by molar-refractivity contribution is 0.585. The molecule has 37 heavy (non-hydrogen) atoms. The Labute approximate surface area is 210 Å². The van der Waals surface area contributed by atoms with E-state index >= 15 is 0 Å². The van der Waals surface area contributed by atoms with Crippen LogP contribution in [-0.2, 0) is 10.0 Å². The summed E-state index contributed by atoms with van der Waals surface area (Å²) in [7, 11) is -3.58. The molecule has 0 saturated heterocycles. The molecule has 0 atom stereocenters. The van der Waals surface area contributed by atoms with E-state index < -0.39 is 26.9 Å². The third-order valence-corrected chi connectivity index (χ3v) is 8.03. The summed E-state index contributed by atoms with van der Waals surface area (Å²) in [4.78, 5) is 13.0. The largest absolute Gasteiger partial charge is 0.384 e. The van der Waals surface area contributed by atoms with Crippen molar-refractivity contribution >= 4 is 32.7 Å². The van der Waals surface area contributed by atoms with E-state index in [-0.39, 0.29) is 11.3 Å². The van der Waals surface area contributed by atoms with Crippen molar-refractivity contribution in [2.45, 2.75) is 18.1 Å². The highest BCUT2D eigenvalue weighted by atomic mass is 32.2. The maximum absolute atomic E-state index is 14.7. The van der Waals surface area contributed by atoms with Gasteiger partial charge in [-0.1, -0.05) is 0 Å². The second kappa shape index (κ2) is 8.63. The van der Waals surface area contributed by atoms with Gasteiger partial charge in [0.1, 0.15) is 29.3 Å². The van der Waals surface area contributed by atoms with Crippen LogP contribution >= 0.6 is 0 Å². The molecule has 3 N–H and O–H groups in total. The number of imidazole rings is 1. The van der Waals surface area contributed by atoms with Gasteiger partial charge in [0.25, 0.3) is 0 Å². The highest BCUT2D eigenvalue weighted by Crippen LogP contribution is 2.34. The molecule has 2 aromatic carbocycles. The molecule has 3 aromatic heterocycles. The Morgan fingerprint density at radius 1 is 0.919 bits per heavy atom. The first-order chi connectivity index (χ1) is 17.8. The molecule has 0 radical (unpaired) electrons. The number of benzene rings is 2. The van der Waals surface area contributed by atoms with Crippen molar-refractivity contribution in [2.24, 2.45) is 0 Å². The predicted octanol–water partition coefficient (Wildman–Crippen LogP) is 4.91. The first-order valence-corrected chi connectivity index (χ1v) is 13.0. The Hall–Kier alpha value is -4.38. The zero-order valence-electron chi connectivity index (χ0n) is 19.3. The fourth-order valence-corrected chi connectivity index (χ4v) is 5.56. The van der Waals surface area contributed by atoms with Gasteiger partial charge in [0.05, 0.1) is 16.6 Å². The number of rotatable bonds is 6. The van der Waals surface area contributed by atoms with Crippen LogP contribution in [0.25, 0.3) is 39.1 Å². The summed E-state index contributed by atoms with van der Waals surface area (Å²) in [6.45, 7) is 0. The standard InChI is InChI=1S/C26H20F2N6O2S/c27-18-1-4-22(23(28)11-18)16-7-19(33-37(35,36)21-2-3-21)12-20(8-16)34-14-32-24-9-17(13-31-26(24)34)15-5-6-30-25(29)10-15/h1,4-14,21,33H,2-3H2,(H2,29,30). The SMILES string of the molecule is Nc1cc(-c2cnc3c(c2)ncn3-c2cc(NS(=O)(=O)C3CC3)cc(-c3ccc(F)cc3F)c2)ccn1. The fraction of sp³-hybridized carbons (Fsp3) is 0.115. The van der Waals surface area contributed by atoms with Crippen LogP contribution < -0.4 is 10.5 Å². The van der Waals surface area contributed by atoms with Gasteiger partial charge in [-0.25, -0.2) is 32.2 Å². The minimum Gasteiger partial charge on any atom is -0.384 e. The van der Waals surface area contributed by atoms with Crippen LogP contribution in [0.4, 0.5) is 20.3 Å². The van der Waals surface area contributed by atoms with Gasteiger partial charge in [0, 0.05) is 29.6 Å². The second-order valence-corrected chi connectivity index (χ2v) is 10.9. The van der Waals surface area contributed by atoms with E-state index in [1.807, 2.05) is 12.1 Å². The van der Waals surface area contributed by atoms with Gasteiger partial charge >= 0.3 is 0 Å². The topological polar surface area (TPSA) is 116 Å². The molecule has 0 spiro atoms. The number of nitrogens with one attached hydrogen (secondary N) is 1. The van der Waals surface area contributed by atoms with E-state index in [4.69, 9.17) is 5.73 Å². The number of anilines is 2. The normalized spacial score (nSPS) is 13.7. The van der Waals surface area contributed by atoms with Crippen molar-refractivity contribution in [3.8, 4) is 27.9 Å². The number of hydrogen-bond donors (Lipinski definition) is 2. The fourth-order valence-electron chi connectivity index (χ4n) is 4.19. The molecule has 1 saturated carbocycles. The molecule has 0 bridgehead atoms. The number of hydrogen-bond acceptors (Lipinski definition) is 6. The third-order valence-electron chi connectivity index (χ3n) is 6.16. The van der Waals surface area contributed by atoms with Gasteiger partial charge in [0.15, 0.2) is 5.65 Å². The summed E-state index contributed by atoms with van der Waals surface area (Å²) >= 11 is 0. The highest BCUT2D eigenvalue weighted by Gasteiger charge is 2.35. The lowest BCUT2D eigenvalue weighted by Crippen LogP contribution is -2.17. The number of sulfonamides is 1. The molecule has 5 aromatic rings. The molecular formula is C26H20F2N6O2S. The van der Waals surface area contributed by atoms with Gasteiger partial charge in [-0.2, -0.15) is 0 Å². The lowest BCUT2D eigenvalue weighted by Gasteiger charge is -2.14. The second-order valence-electron chi connectivity index (χ2n) is 8.89. The average Bonchev–Trinajstić information content (AvgIpc) is 3.64. The van der Waals surface area contributed by atoms with E-state index in [9.17, 15) is 17.2 Å². The Bertz CT molecular complexity index is 1780. The number of halogens is 2. The van der Waals surface area contributed by atoms with Gasteiger partial charge in [-0.15, -0.1) is 0 Å². The molecule has 3 heterocycles. The first kappa shape index (κ1) is 23.0. The maximum Gasteiger partial charge on any atom is 0.235 e. The summed E-state index contributed by atoms with van der Waals surface area (Å²) < 4.78 is 57.8. The van der Waals surface area contributed by atoms with Crippen molar-refractivity contribution in [2.75, 3.05) is 10.5 Å². The molecule has 8 nitrogen and oxygen atoms in total. The lowest BCUT2D eigenvalue weighted by atomic mass is 10.0. The molecule has 11 heteroatoms. The third kappa shape index (κ3) is 4.49. The minimum atomic E-state index is -3.58. The molecule has 186 valence electrons. The van der Waals surface area contributed by atoms with Crippen LogP contribution in [0.15, 0.2) is 73.3 Å². The Kier molecular flexibility index (Phi) is 5.37. The minimum absolute atomic E-state index is 0.130. The number of fused-ring (bicyclic) bond motifs is 1. The molecule has 0 aliphatic heterocycles. The van der Waals surface area contributed by atoms with Gasteiger partial charge in [-0.05, 0) is 72.5 Å². The molecule has 0 amide bonds. The first-order valence-electron chi connectivity index (χ1n) is 11.4. The maximum atomic E-state index is 14.7. The number of nitrogens with zero attached hydrogens (tertiary/aromatic N) is 4. The van der Waals surface area contributed by atoms with E-state index in [0.29, 0.717) is 41.1 Å². The number of pyridine rings is 2. The van der Waals surface area contributed by atoms with Gasteiger partial charge in [-0.3, -0.25) is 9.29 Å². The van der Waals surface area contributed by atoms with Gasteiger partial charge in [0.2, 0.25) is 10.0 Å². The highest BCUT2D eigenvalue weighted by molar-refractivity contribution is 7.93.